The topological polar surface area (TPSA) is 0 Å². The molecule has 0 N–H and O–H groups in total. The van der Waals surface area contributed by atoms with Crippen molar-refractivity contribution >= 4 is 0 Å². The van der Waals surface area contributed by atoms with Crippen molar-refractivity contribution in [2.24, 2.45) is 16.7 Å². The molecule has 28 heavy (non-hydrogen) atoms. The van der Waals surface area contributed by atoms with E-state index in [1.54, 1.807) is 0 Å². The molecule has 0 heterocycles. The quantitative estimate of drug-likeness (QED) is 0.453. The van der Waals surface area contributed by atoms with Gasteiger partial charge in [0.1, 0.15) is 0 Å². The molecule has 2 rings (SSSR count). The fourth-order valence-corrected chi connectivity index (χ4v) is 4.31. The third-order valence-corrected chi connectivity index (χ3v) is 6.97. The van der Waals surface area contributed by atoms with Crippen LogP contribution in [-0.2, 0) is 11.8 Å². The summed E-state index contributed by atoms with van der Waals surface area (Å²) in [4.78, 5) is 0. The predicted molar refractivity (Wildman–Crippen MR) is 125 cm³/mol. The van der Waals surface area contributed by atoms with Crippen molar-refractivity contribution in [2.45, 2.75) is 86.5 Å². The number of benzene rings is 2. The Bertz CT molecular complexity index is 724. The molecule has 0 nitrogen and oxygen atoms in total. The van der Waals surface area contributed by atoms with Crippen LogP contribution in [0.2, 0.25) is 0 Å². The van der Waals surface area contributed by atoms with E-state index in [1.807, 2.05) is 0 Å². The summed E-state index contributed by atoms with van der Waals surface area (Å²) < 4.78 is 0. The van der Waals surface area contributed by atoms with E-state index >= 15 is 0 Å². The second-order valence-electron chi connectivity index (χ2n) is 11.3. The van der Waals surface area contributed by atoms with E-state index in [4.69, 9.17) is 0 Å². The molecule has 0 heteroatoms. The monoisotopic (exact) mass is 378 g/mol. The lowest BCUT2D eigenvalue weighted by Gasteiger charge is -2.42. The van der Waals surface area contributed by atoms with E-state index in [0.717, 1.165) is 12.3 Å². The second-order valence-corrected chi connectivity index (χ2v) is 11.3. The average Bonchev–Trinajstić information content (AvgIpc) is 2.60. The second kappa shape index (κ2) is 8.44. The Morgan fingerprint density at radius 1 is 0.714 bits per heavy atom. The first-order chi connectivity index (χ1) is 12.8. The Hall–Kier alpha value is -1.56. The summed E-state index contributed by atoms with van der Waals surface area (Å²) in [5.41, 5.74) is 4.91. The fourth-order valence-electron chi connectivity index (χ4n) is 4.31. The summed E-state index contributed by atoms with van der Waals surface area (Å²) in [6.45, 7) is 21.4. The maximum absolute atomic E-state index is 2.41. The zero-order valence-corrected chi connectivity index (χ0v) is 19.8. The van der Waals surface area contributed by atoms with Gasteiger partial charge in [0.2, 0.25) is 0 Å². The molecule has 0 aliphatic heterocycles. The average molecular weight is 379 g/mol. The van der Waals surface area contributed by atoms with Crippen molar-refractivity contribution in [1.29, 1.82) is 0 Å². The highest BCUT2D eigenvalue weighted by atomic mass is 14.4. The van der Waals surface area contributed by atoms with Crippen LogP contribution < -0.4 is 0 Å². The molecule has 2 aromatic carbocycles. The van der Waals surface area contributed by atoms with Crippen molar-refractivity contribution in [3.63, 3.8) is 0 Å². The molecule has 1 unspecified atom stereocenters. The van der Waals surface area contributed by atoms with Gasteiger partial charge in [-0.25, -0.2) is 0 Å². The highest BCUT2D eigenvalue weighted by Crippen LogP contribution is 2.44. The van der Waals surface area contributed by atoms with Gasteiger partial charge in [-0.15, -0.1) is 0 Å². The smallest absolute Gasteiger partial charge is 0.00493 e. The van der Waals surface area contributed by atoms with E-state index in [1.165, 1.54) is 23.1 Å². The highest BCUT2D eigenvalue weighted by Gasteiger charge is 2.38. The summed E-state index contributed by atoms with van der Waals surface area (Å²) >= 11 is 0. The summed E-state index contributed by atoms with van der Waals surface area (Å²) in [5.74, 6) is 1.32. The van der Waals surface area contributed by atoms with Gasteiger partial charge in [-0.1, -0.05) is 117 Å². The molecule has 0 saturated heterocycles. The standard InChI is InChI=1S/C28H42/c1-21(2)19-25(26(3,4)5)23-17-15-22(16-18-23)20-27(6,7)28(8,9)24-13-11-10-12-14-24/h10-18,21,25H,19-20H2,1-9H3. The van der Waals surface area contributed by atoms with Gasteiger partial charge in [0.05, 0.1) is 0 Å². The largest absolute Gasteiger partial charge is 0.0628 e. The van der Waals surface area contributed by atoms with Crippen molar-refractivity contribution in [2.75, 3.05) is 0 Å². The third-order valence-electron chi connectivity index (χ3n) is 6.97. The molecule has 154 valence electrons. The van der Waals surface area contributed by atoms with Gasteiger partial charge in [0.25, 0.3) is 0 Å². The first-order valence-electron chi connectivity index (χ1n) is 11.0. The molecule has 0 bridgehead atoms. The Morgan fingerprint density at radius 2 is 1.25 bits per heavy atom. The summed E-state index contributed by atoms with van der Waals surface area (Å²) in [6, 6.07) is 20.5. The van der Waals surface area contributed by atoms with Gasteiger partial charge >= 0.3 is 0 Å². The van der Waals surface area contributed by atoms with Crippen molar-refractivity contribution in [1.82, 2.24) is 0 Å². The molecule has 2 aromatic rings. The van der Waals surface area contributed by atoms with Gasteiger partial charge in [0, 0.05) is 0 Å². The molecular formula is C28H42. The maximum atomic E-state index is 2.41. The van der Waals surface area contributed by atoms with Gasteiger partial charge < -0.3 is 0 Å². The lowest BCUT2D eigenvalue weighted by atomic mass is 9.62. The van der Waals surface area contributed by atoms with E-state index in [9.17, 15) is 0 Å². The maximum Gasteiger partial charge on any atom is -0.00493 e. The fraction of sp³-hybridized carbons (Fsp3) is 0.571. The Kier molecular flexibility index (Phi) is 6.85. The van der Waals surface area contributed by atoms with Crippen LogP contribution in [0.1, 0.15) is 91.3 Å². The van der Waals surface area contributed by atoms with Gasteiger partial charge in [-0.2, -0.15) is 0 Å². The zero-order valence-electron chi connectivity index (χ0n) is 19.8. The normalized spacial score (nSPS) is 14.4. The van der Waals surface area contributed by atoms with Crippen LogP contribution in [0.25, 0.3) is 0 Å². The summed E-state index contributed by atoms with van der Waals surface area (Å²) in [7, 11) is 0. The van der Waals surface area contributed by atoms with Crippen LogP contribution in [0.3, 0.4) is 0 Å². The number of hydrogen-bond acceptors (Lipinski definition) is 0. The van der Waals surface area contributed by atoms with Gasteiger partial charge in [0.15, 0.2) is 0 Å². The molecule has 0 aromatic heterocycles. The van der Waals surface area contributed by atoms with Crippen LogP contribution in [0, 0.1) is 16.7 Å². The summed E-state index contributed by atoms with van der Waals surface area (Å²) in [6.07, 6.45) is 2.33. The first kappa shape index (κ1) is 22.7. The third kappa shape index (κ3) is 5.28. The van der Waals surface area contributed by atoms with E-state index < -0.39 is 0 Å². The molecule has 0 spiro atoms. The van der Waals surface area contributed by atoms with Crippen molar-refractivity contribution in [3.05, 3.63) is 71.3 Å². The predicted octanol–water partition coefficient (Wildman–Crippen LogP) is 8.41. The van der Waals surface area contributed by atoms with Crippen LogP contribution >= 0.6 is 0 Å². The van der Waals surface area contributed by atoms with Gasteiger partial charge in [-0.05, 0) is 57.6 Å². The van der Waals surface area contributed by atoms with Crippen LogP contribution in [-0.4, -0.2) is 0 Å². The molecule has 0 saturated carbocycles. The minimum Gasteiger partial charge on any atom is -0.0628 e. The van der Waals surface area contributed by atoms with E-state index in [0.29, 0.717) is 11.3 Å². The molecular weight excluding hydrogens is 336 g/mol. The molecule has 0 aliphatic rings. The van der Waals surface area contributed by atoms with Gasteiger partial charge in [-0.3, -0.25) is 0 Å². The van der Waals surface area contributed by atoms with Crippen molar-refractivity contribution in [3.8, 4) is 0 Å². The highest BCUT2D eigenvalue weighted by molar-refractivity contribution is 5.31. The van der Waals surface area contributed by atoms with Crippen LogP contribution in [0.4, 0.5) is 0 Å². The molecule has 0 amide bonds. The van der Waals surface area contributed by atoms with Crippen molar-refractivity contribution < 1.29 is 0 Å². The van der Waals surface area contributed by atoms with Crippen LogP contribution in [0.15, 0.2) is 54.6 Å². The minimum atomic E-state index is 0.110. The summed E-state index contributed by atoms with van der Waals surface area (Å²) in [5, 5.41) is 0. The minimum absolute atomic E-state index is 0.110. The van der Waals surface area contributed by atoms with Crippen LogP contribution in [0.5, 0.6) is 0 Å². The Balaban J connectivity index is 2.23. The zero-order chi connectivity index (χ0) is 21.2. The Morgan fingerprint density at radius 3 is 1.71 bits per heavy atom. The SMILES string of the molecule is CC(C)CC(c1ccc(CC(C)(C)C(C)(C)c2ccccc2)cc1)C(C)(C)C. The first-order valence-corrected chi connectivity index (χ1v) is 11.0. The number of hydrogen-bond donors (Lipinski definition) is 0. The molecule has 0 aliphatic carbocycles. The lowest BCUT2D eigenvalue weighted by Crippen LogP contribution is -2.38. The molecule has 1 atom stereocenters. The molecule has 0 radical (unpaired) electrons. The lowest BCUT2D eigenvalue weighted by molar-refractivity contribution is 0.196. The van der Waals surface area contributed by atoms with E-state index in [2.05, 4.69) is 117 Å². The molecule has 0 fully saturated rings. The number of rotatable bonds is 7. The Labute approximate surface area is 174 Å². The van der Waals surface area contributed by atoms with E-state index in [-0.39, 0.29) is 10.8 Å².